The summed E-state index contributed by atoms with van der Waals surface area (Å²) in [6, 6.07) is 9.52. The van der Waals surface area contributed by atoms with Gasteiger partial charge in [-0.3, -0.25) is 0 Å². The number of hydrogen-bond acceptors (Lipinski definition) is 6. The Bertz CT molecular complexity index is 755. The van der Waals surface area contributed by atoms with Gasteiger partial charge in [-0.2, -0.15) is 0 Å². The van der Waals surface area contributed by atoms with Crippen molar-refractivity contribution >= 4 is 5.69 Å². The third-order valence-electron chi connectivity index (χ3n) is 3.48. The van der Waals surface area contributed by atoms with Gasteiger partial charge in [-0.05, 0) is 29.3 Å². The van der Waals surface area contributed by atoms with Crippen molar-refractivity contribution in [3.05, 3.63) is 60.2 Å². The maximum Gasteiger partial charge on any atom is 0.212 e. The van der Waals surface area contributed by atoms with Crippen LogP contribution in [-0.2, 0) is 13.2 Å². The maximum absolute atomic E-state index is 9.57. The zero-order valence-corrected chi connectivity index (χ0v) is 12.7. The van der Waals surface area contributed by atoms with E-state index in [1.807, 2.05) is 30.3 Å². The van der Waals surface area contributed by atoms with Gasteiger partial charge in [-0.15, -0.1) is 0 Å². The van der Waals surface area contributed by atoms with Crippen molar-refractivity contribution in [1.82, 2.24) is 9.97 Å². The highest BCUT2D eigenvalue weighted by atomic mass is 16.5. The number of anilines is 1. The van der Waals surface area contributed by atoms with Gasteiger partial charge in [0.15, 0.2) is 12.2 Å². The zero-order valence-electron chi connectivity index (χ0n) is 12.7. The van der Waals surface area contributed by atoms with E-state index in [9.17, 15) is 5.11 Å². The molecule has 118 valence electrons. The molecule has 2 aromatic heterocycles. The molecule has 0 aliphatic carbocycles. The Hall–Kier alpha value is -2.86. The molecule has 1 aromatic carbocycles. The van der Waals surface area contributed by atoms with Crippen LogP contribution in [0.2, 0.25) is 0 Å². The molecule has 0 aliphatic heterocycles. The summed E-state index contributed by atoms with van der Waals surface area (Å²) in [5, 5.41) is 12.9. The Labute approximate surface area is 133 Å². The third kappa shape index (κ3) is 3.49. The molecule has 3 aromatic rings. The van der Waals surface area contributed by atoms with Crippen molar-refractivity contribution in [2.24, 2.45) is 0 Å². The predicted octanol–water partition coefficient (Wildman–Crippen LogP) is 2.85. The number of oxazole rings is 1. The Morgan fingerprint density at radius 1 is 1.22 bits per heavy atom. The summed E-state index contributed by atoms with van der Waals surface area (Å²) in [6.07, 6.45) is 4.77. The molecule has 23 heavy (non-hydrogen) atoms. The summed E-state index contributed by atoms with van der Waals surface area (Å²) >= 11 is 0. The molecule has 0 amide bonds. The highest BCUT2D eigenvalue weighted by molar-refractivity contribution is 5.65. The molecule has 0 fully saturated rings. The Morgan fingerprint density at radius 2 is 2.13 bits per heavy atom. The number of nitrogens with zero attached hydrogens (tertiary/aromatic N) is 2. The highest BCUT2D eigenvalue weighted by Gasteiger charge is 2.08. The van der Waals surface area contributed by atoms with E-state index in [0.717, 1.165) is 22.4 Å². The van der Waals surface area contributed by atoms with Crippen LogP contribution in [0, 0.1) is 0 Å². The first-order chi connectivity index (χ1) is 11.3. The summed E-state index contributed by atoms with van der Waals surface area (Å²) in [5.74, 6) is 1.23. The molecule has 0 aliphatic rings. The van der Waals surface area contributed by atoms with E-state index in [1.54, 1.807) is 19.5 Å². The molecule has 2 heterocycles. The fourth-order valence-corrected chi connectivity index (χ4v) is 2.26. The zero-order chi connectivity index (χ0) is 16.1. The number of aliphatic hydroxyl groups is 1. The van der Waals surface area contributed by atoms with Crippen LogP contribution in [0.15, 0.2) is 53.5 Å². The van der Waals surface area contributed by atoms with Gasteiger partial charge in [-0.25, -0.2) is 9.97 Å². The van der Waals surface area contributed by atoms with Gasteiger partial charge in [-0.1, -0.05) is 6.07 Å². The fourth-order valence-electron chi connectivity index (χ4n) is 2.26. The lowest BCUT2D eigenvalue weighted by molar-refractivity contribution is 0.282. The lowest BCUT2D eigenvalue weighted by atomic mass is 10.1. The van der Waals surface area contributed by atoms with E-state index >= 15 is 0 Å². The molecule has 0 saturated carbocycles. The van der Waals surface area contributed by atoms with Gasteiger partial charge in [0.25, 0.3) is 0 Å². The number of ether oxygens (including phenoxy) is 1. The van der Waals surface area contributed by atoms with Crippen LogP contribution in [0.25, 0.3) is 11.3 Å². The molecule has 0 saturated heterocycles. The van der Waals surface area contributed by atoms with Crippen molar-refractivity contribution in [2.75, 3.05) is 12.4 Å². The molecular weight excluding hydrogens is 294 g/mol. The Kier molecular flexibility index (Phi) is 4.54. The van der Waals surface area contributed by atoms with Crippen molar-refractivity contribution in [3.8, 4) is 17.2 Å². The Morgan fingerprint density at radius 3 is 2.78 bits per heavy atom. The van der Waals surface area contributed by atoms with Crippen LogP contribution in [0.4, 0.5) is 5.69 Å². The molecule has 0 radical (unpaired) electrons. The Balaban J connectivity index is 1.73. The van der Waals surface area contributed by atoms with Crippen LogP contribution >= 0.6 is 0 Å². The normalized spacial score (nSPS) is 10.5. The van der Waals surface area contributed by atoms with Gasteiger partial charge < -0.3 is 19.6 Å². The minimum atomic E-state index is -0.0738. The van der Waals surface area contributed by atoms with Gasteiger partial charge >= 0.3 is 0 Å². The number of aromatic nitrogens is 2. The van der Waals surface area contributed by atoms with Gasteiger partial charge in [0.1, 0.15) is 0 Å². The number of hydrogen-bond donors (Lipinski definition) is 2. The van der Waals surface area contributed by atoms with Crippen LogP contribution in [0.1, 0.15) is 11.1 Å². The topological polar surface area (TPSA) is 80.4 Å². The summed E-state index contributed by atoms with van der Waals surface area (Å²) in [5.41, 5.74) is 3.56. The number of pyridine rings is 1. The van der Waals surface area contributed by atoms with Crippen molar-refractivity contribution < 1.29 is 14.3 Å². The first kappa shape index (κ1) is 15.1. The van der Waals surface area contributed by atoms with Crippen LogP contribution in [0.3, 0.4) is 0 Å². The fraction of sp³-hybridized carbons (Fsp3) is 0.176. The minimum Gasteiger partial charge on any atom is -0.481 e. The van der Waals surface area contributed by atoms with Gasteiger partial charge in [0.2, 0.25) is 5.88 Å². The number of aliphatic hydroxyl groups excluding tert-OH is 1. The van der Waals surface area contributed by atoms with Crippen molar-refractivity contribution in [2.45, 2.75) is 13.2 Å². The summed E-state index contributed by atoms with van der Waals surface area (Å²) in [6.45, 7) is 0.555. The highest BCUT2D eigenvalue weighted by Crippen LogP contribution is 2.26. The summed E-state index contributed by atoms with van der Waals surface area (Å²) < 4.78 is 10.3. The number of methoxy groups -OCH3 is 1. The molecule has 6 heteroatoms. The van der Waals surface area contributed by atoms with E-state index in [-0.39, 0.29) is 6.61 Å². The monoisotopic (exact) mass is 311 g/mol. The van der Waals surface area contributed by atoms with Crippen LogP contribution in [-0.4, -0.2) is 22.2 Å². The average molecular weight is 311 g/mol. The molecule has 0 atom stereocenters. The van der Waals surface area contributed by atoms with E-state index in [1.165, 1.54) is 6.39 Å². The lowest BCUT2D eigenvalue weighted by Gasteiger charge is -2.10. The number of benzene rings is 1. The summed E-state index contributed by atoms with van der Waals surface area (Å²) in [7, 11) is 1.59. The SMILES string of the molecule is COc1ccc(CNc2ccc(-c3cnco3)c(CO)c2)cn1. The molecule has 6 nitrogen and oxygen atoms in total. The smallest absolute Gasteiger partial charge is 0.212 e. The molecule has 2 N–H and O–H groups in total. The third-order valence-corrected chi connectivity index (χ3v) is 3.48. The van der Waals surface area contributed by atoms with Crippen molar-refractivity contribution in [3.63, 3.8) is 0 Å². The number of nitrogens with one attached hydrogen (secondary N) is 1. The van der Waals surface area contributed by atoms with E-state index in [4.69, 9.17) is 9.15 Å². The van der Waals surface area contributed by atoms with E-state index in [2.05, 4.69) is 15.3 Å². The molecule has 0 unspecified atom stereocenters. The van der Waals surface area contributed by atoms with Crippen molar-refractivity contribution in [1.29, 1.82) is 0 Å². The van der Waals surface area contributed by atoms with Gasteiger partial charge in [0, 0.05) is 30.1 Å². The first-order valence-electron chi connectivity index (χ1n) is 7.15. The minimum absolute atomic E-state index is 0.0738. The second-order valence-electron chi connectivity index (χ2n) is 4.96. The van der Waals surface area contributed by atoms with Gasteiger partial charge in [0.05, 0.1) is 19.9 Å². The largest absolute Gasteiger partial charge is 0.481 e. The van der Waals surface area contributed by atoms with Crippen LogP contribution in [0.5, 0.6) is 5.88 Å². The second-order valence-corrected chi connectivity index (χ2v) is 4.96. The van der Waals surface area contributed by atoms with E-state index < -0.39 is 0 Å². The molecule has 0 bridgehead atoms. The average Bonchev–Trinajstić information content (AvgIpc) is 3.14. The maximum atomic E-state index is 9.57. The molecule has 3 rings (SSSR count). The number of rotatable bonds is 6. The second kappa shape index (κ2) is 6.93. The van der Waals surface area contributed by atoms with E-state index in [0.29, 0.717) is 18.2 Å². The lowest BCUT2D eigenvalue weighted by Crippen LogP contribution is -2.01. The predicted molar refractivity (Wildman–Crippen MR) is 86.0 cm³/mol. The molecule has 0 spiro atoms. The molecular formula is C17H17N3O3. The van der Waals surface area contributed by atoms with Crippen LogP contribution < -0.4 is 10.1 Å². The summed E-state index contributed by atoms with van der Waals surface area (Å²) in [4.78, 5) is 8.07. The quantitative estimate of drug-likeness (QED) is 0.728. The first-order valence-corrected chi connectivity index (χ1v) is 7.15. The standard InChI is InChI=1S/C17H17N3O3/c1-22-17-5-2-12(8-20-17)7-19-14-3-4-15(13(6-14)10-21)16-9-18-11-23-16/h2-6,8-9,11,19,21H,7,10H2,1H3.